The molecule has 0 unspecified atom stereocenters. The van der Waals surface area contributed by atoms with Crippen molar-refractivity contribution in [1.29, 1.82) is 0 Å². The number of benzene rings is 1. The molecule has 0 N–H and O–H groups in total. The number of hydrogen-bond acceptors (Lipinski definition) is 4. The zero-order valence-electron chi connectivity index (χ0n) is 8.22. The van der Waals surface area contributed by atoms with Crippen LogP contribution in [0.2, 0.25) is 0 Å². The van der Waals surface area contributed by atoms with Crippen molar-refractivity contribution in [3.63, 3.8) is 0 Å². The summed E-state index contributed by atoms with van der Waals surface area (Å²) in [5, 5.41) is 10.5. The van der Waals surface area contributed by atoms with Gasteiger partial charge in [-0.25, -0.2) is 0 Å². The Balaban J connectivity index is 2.29. The van der Waals surface area contributed by atoms with Gasteiger partial charge in [0.05, 0.1) is 10.6 Å². The number of nitro groups is 1. The maximum atomic E-state index is 10.5. The van der Waals surface area contributed by atoms with Crippen LogP contribution >= 0.6 is 12.6 Å². The summed E-state index contributed by atoms with van der Waals surface area (Å²) in [7, 11) is 0. The number of anilines is 1. The van der Waals surface area contributed by atoms with Gasteiger partial charge in [0.1, 0.15) is 0 Å². The molecule has 0 amide bonds. The third-order valence-corrected chi connectivity index (χ3v) is 2.97. The van der Waals surface area contributed by atoms with E-state index in [9.17, 15) is 10.1 Å². The standard InChI is InChI=1S/C10H12N2O2S/c13-12(14)8-3-4-9(10(15)7-8)11-5-1-2-6-11/h3-4,7,15H,1-2,5-6H2. The first-order valence-electron chi connectivity index (χ1n) is 4.91. The fourth-order valence-corrected chi connectivity index (χ4v) is 2.20. The maximum Gasteiger partial charge on any atom is 0.270 e. The maximum absolute atomic E-state index is 10.5. The van der Waals surface area contributed by atoms with Crippen LogP contribution in [0.15, 0.2) is 23.1 Å². The van der Waals surface area contributed by atoms with Crippen LogP contribution in [0.3, 0.4) is 0 Å². The summed E-state index contributed by atoms with van der Waals surface area (Å²) in [5.41, 5.74) is 1.10. The van der Waals surface area contributed by atoms with E-state index in [0.29, 0.717) is 4.90 Å². The van der Waals surface area contributed by atoms with E-state index in [-0.39, 0.29) is 5.69 Å². The van der Waals surface area contributed by atoms with Crippen molar-refractivity contribution in [3.8, 4) is 0 Å². The van der Waals surface area contributed by atoms with Gasteiger partial charge in [0.2, 0.25) is 0 Å². The van der Waals surface area contributed by atoms with Crippen molar-refractivity contribution in [2.75, 3.05) is 18.0 Å². The molecule has 1 aromatic rings. The van der Waals surface area contributed by atoms with Crippen LogP contribution in [-0.4, -0.2) is 18.0 Å². The van der Waals surface area contributed by atoms with Crippen molar-refractivity contribution in [3.05, 3.63) is 28.3 Å². The number of thiol groups is 1. The highest BCUT2D eigenvalue weighted by molar-refractivity contribution is 7.80. The summed E-state index contributed by atoms with van der Waals surface area (Å²) in [6, 6.07) is 4.83. The minimum atomic E-state index is -0.395. The number of nitro benzene ring substituents is 1. The molecule has 80 valence electrons. The second-order valence-electron chi connectivity index (χ2n) is 3.62. The molecular formula is C10H12N2O2S. The Bertz CT molecular complexity index is 389. The molecule has 1 saturated heterocycles. The van der Waals surface area contributed by atoms with E-state index in [1.54, 1.807) is 6.07 Å². The second kappa shape index (κ2) is 4.10. The molecule has 1 fully saturated rings. The van der Waals surface area contributed by atoms with Crippen LogP contribution in [0, 0.1) is 10.1 Å². The van der Waals surface area contributed by atoms with Crippen molar-refractivity contribution in [2.24, 2.45) is 0 Å². The molecule has 0 aromatic heterocycles. The number of nitrogens with zero attached hydrogens (tertiary/aromatic N) is 2. The molecule has 0 bridgehead atoms. The lowest BCUT2D eigenvalue weighted by Gasteiger charge is -2.18. The van der Waals surface area contributed by atoms with Crippen LogP contribution in [0.4, 0.5) is 11.4 Å². The lowest BCUT2D eigenvalue weighted by molar-refractivity contribution is -0.385. The highest BCUT2D eigenvalue weighted by Gasteiger charge is 2.16. The average molecular weight is 224 g/mol. The number of hydrogen-bond donors (Lipinski definition) is 1. The van der Waals surface area contributed by atoms with Gasteiger partial charge in [0.15, 0.2) is 0 Å². The summed E-state index contributed by atoms with van der Waals surface area (Å²) in [4.78, 5) is 13.0. The number of non-ortho nitro benzene ring substituents is 1. The normalized spacial score (nSPS) is 15.7. The topological polar surface area (TPSA) is 46.4 Å². The van der Waals surface area contributed by atoms with Gasteiger partial charge in [-0.05, 0) is 18.9 Å². The summed E-state index contributed by atoms with van der Waals surface area (Å²) in [6.45, 7) is 2.04. The van der Waals surface area contributed by atoms with E-state index in [1.165, 1.54) is 25.0 Å². The molecule has 0 aliphatic carbocycles. The Kier molecular flexibility index (Phi) is 2.81. The molecule has 0 saturated carbocycles. The fraction of sp³-hybridized carbons (Fsp3) is 0.400. The highest BCUT2D eigenvalue weighted by atomic mass is 32.1. The molecule has 2 rings (SSSR count). The Labute approximate surface area is 93.5 Å². The Morgan fingerprint density at radius 1 is 1.33 bits per heavy atom. The predicted molar refractivity (Wildman–Crippen MR) is 61.8 cm³/mol. The minimum absolute atomic E-state index is 0.1000. The van der Waals surface area contributed by atoms with Gasteiger partial charge < -0.3 is 4.90 Å². The van der Waals surface area contributed by atoms with E-state index in [0.717, 1.165) is 18.8 Å². The van der Waals surface area contributed by atoms with Gasteiger partial charge in [0.25, 0.3) is 5.69 Å². The summed E-state index contributed by atoms with van der Waals surface area (Å²) in [5.74, 6) is 0. The van der Waals surface area contributed by atoms with Gasteiger partial charge in [-0.15, -0.1) is 12.6 Å². The lowest BCUT2D eigenvalue weighted by Crippen LogP contribution is -2.18. The Morgan fingerprint density at radius 3 is 2.53 bits per heavy atom. The summed E-state index contributed by atoms with van der Waals surface area (Å²) in [6.07, 6.45) is 2.37. The largest absolute Gasteiger partial charge is 0.371 e. The van der Waals surface area contributed by atoms with Crippen molar-refractivity contribution in [1.82, 2.24) is 0 Å². The van der Waals surface area contributed by atoms with Crippen molar-refractivity contribution in [2.45, 2.75) is 17.7 Å². The average Bonchev–Trinajstić information content (AvgIpc) is 2.70. The molecule has 0 spiro atoms. The van der Waals surface area contributed by atoms with E-state index >= 15 is 0 Å². The second-order valence-corrected chi connectivity index (χ2v) is 4.11. The van der Waals surface area contributed by atoms with Gasteiger partial charge in [-0.3, -0.25) is 10.1 Å². The predicted octanol–water partition coefficient (Wildman–Crippen LogP) is 2.48. The van der Waals surface area contributed by atoms with Crippen LogP contribution in [0.1, 0.15) is 12.8 Å². The quantitative estimate of drug-likeness (QED) is 0.477. The van der Waals surface area contributed by atoms with E-state index < -0.39 is 4.92 Å². The van der Waals surface area contributed by atoms with Gasteiger partial charge in [-0.2, -0.15) is 0 Å². The molecule has 15 heavy (non-hydrogen) atoms. The summed E-state index contributed by atoms with van der Waals surface area (Å²) >= 11 is 4.29. The van der Waals surface area contributed by atoms with Crippen LogP contribution in [-0.2, 0) is 0 Å². The third-order valence-electron chi connectivity index (χ3n) is 2.62. The fourth-order valence-electron chi connectivity index (χ4n) is 1.85. The van der Waals surface area contributed by atoms with E-state index in [4.69, 9.17) is 0 Å². The molecule has 1 aromatic carbocycles. The Morgan fingerprint density at radius 2 is 2.00 bits per heavy atom. The smallest absolute Gasteiger partial charge is 0.270 e. The van der Waals surface area contributed by atoms with E-state index in [1.807, 2.05) is 0 Å². The zero-order valence-corrected chi connectivity index (χ0v) is 9.11. The Hall–Kier alpha value is -1.23. The summed E-state index contributed by atoms with van der Waals surface area (Å²) < 4.78 is 0. The lowest BCUT2D eigenvalue weighted by atomic mass is 10.2. The molecule has 1 aliphatic rings. The molecule has 1 heterocycles. The van der Waals surface area contributed by atoms with Crippen LogP contribution in [0.5, 0.6) is 0 Å². The van der Waals surface area contributed by atoms with Crippen molar-refractivity contribution >= 4 is 24.0 Å². The van der Waals surface area contributed by atoms with E-state index in [2.05, 4.69) is 17.5 Å². The molecule has 0 atom stereocenters. The van der Waals surface area contributed by atoms with Crippen LogP contribution in [0.25, 0.3) is 0 Å². The first-order valence-corrected chi connectivity index (χ1v) is 5.35. The van der Waals surface area contributed by atoms with Crippen molar-refractivity contribution < 1.29 is 4.92 Å². The number of rotatable bonds is 2. The minimum Gasteiger partial charge on any atom is -0.371 e. The van der Waals surface area contributed by atoms with Gasteiger partial charge >= 0.3 is 0 Å². The monoisotopic (exact) mass is 224 g/mol. The molecule has 1 aliphatic heterocycles. The molecule has 5 heteroatoms. The molecule has 0 radical (unpaired) electrons. The molecular weight excluding hydrogens is 212 g/mol. The SMILES string of the molecule is O=[N+]([O-])c1ccc(N2CCCC2)c(S)c1. The third kappa shape index (κ3) is 2.07. The van der Waals surface area contributed by atoms with Gasteiger partial charge in [-0.1, -0.05) is 0 Å². The first-order chi connectivity index (χ1) is 7.18. The highest BCUT2D eigenvalue weighted by Crippen LogP contribution is 2.30. The first kappa shape index (κ1) is 10.3. The van der Waals surface area contributed by atoms with Gasteiger partial charge in [0, 0.05) is 30.1 Å². The zero-order chi connectivity index (χ0) is 10.8. The van der Waals surface area contributed by atoms with Crippen LogP contribution < -0.4 is 4.90 Å². The molecule has 4 nitrogen and oxygen atoms in total.